The van der Waals surface area contributed by atoms with Crippen molar-refractivity contribution in [2.45, 2.75) is 6.42 Å². The van der Waals surface area contributed by atoms with Gasteiger partial charge >= 0.3 is 0 Å². The molecule has 0 bridgehead atoms. The Morgan fingerprint density at radius 3 is 2.73 bits per heavy atom. The number of hydrogen-bond acceptors (Lipinski definition) is 2. The lowest BCUT2D eigenvalue weighted by molar-refractivity contribution is -0.119. The standard InChI is InChI=1S/C11H10F2OS/c12-9-2-1-7(4-10(9)13)3-8-5-15-6-11(8)14/h1-2,4,8H,3,5-6H2. The van der Waals surface area contributed by atoms with Crippen molar-refractivity contribution >= 4 is 17.5 Å². The smallest absolute Gasteiger partial charge is 0.159 e. The molecule has 80 valence electrons. The quantitative estimate of drug-likeness (QED) is 0.773. The van der Waals surface area contributed by atoms with Crippen molar-refractivity contribution in [3.05, 3.63) is 35.4 Å². The van der Waals surface area contributed by atoms with E-state index < -0.39 is 11.6 Å². The van der Waals surface area contributed by atoms with Crippen LogP contribution in [0.5, 0.6) is 0 Å². The van der Waals surface area contributed by atoms with Crippen LogP contribution >= 0.6 is 11.8 Å². The van der Waals surface area contributed by atoms with Crippen molar-refractivity contribution in [3.8, 4) is 0 Å². The van der Waals surface area contributed by atoms with Gasteiger partial charge < -0.3 is 0 Å². The van der Waals surface area contributed by atoms with Crippen LogP contribution in [0.3, 0.4) is 0 Å². The van der Waals surface area contributed by atoms with Crippen molar-refractivity contribution in [2.24, 2.45) is 5.92 Å². The molecular weight excluding hydrogens is 218 g/mol. The predicted molar refractivity (Wildman–Crippen MR) is 55.9 cm³/mol. The molecule has 1 atom stereocenters. The summed E-state index contributed by atoms with van der Waals surface area (Å²) in [5, 5.41) is 0. The van der Waals surface area contributed by atoms with E-state index in [2.05, 4.69) is 0 Å². The fourth-order valence-corrected chi connectivity index (χ4v) is 2.78. The molecule has 15 heavy (non-hydrogen) atoms. The number of carbonyl (C=O) groups excluding carboxylic acids is 1. The first-order valence-corrected chi connectivity index (χ1v) is 5.86. The molecule has 1 aromatic rings. The molecule has 0 saturated carbocycles. The molecule has 1 aliphatic rings. The van der Waals surface area contributed by atoms with Crippen LogP contribution in [0.2, 0.25) is 0 Å². The maximum atomic E-state index is 12.9. The van der Waals surface area contributed by atoms with E-state index >= 15 is 0 Å². The van der Waals surface area contributed by atoms with E-state index in [1.54, 1.807) is 11.8 Å². The van der Waals surface area contributed by atoms with Gasteiger partial charge in [-0.1, -0.05) is 6.07 Å². The fourth-order valence-electron chi connectivity index (χ4n) is 1.64. The number of ketones is 1. The summed E-state index contributed by atoms with van der Waals surface area (Å²) in [6.07, 6.45) is 0.517. The van der Waals surface area contributed by atoms with Gasteiger partial charge in [0.05, 0.1) is 5.75 Å². The summed E-state index contributed by atoms with van der Waals surface area (Å²) in [6.45, 7) is 0. The number of benzene rings is 1. The number of hydrogen-bond donors (Lipinski definition) is 0. The highest BCUT2D eigenvalue weighted by Gasteiger charge is 2.25. The van der Waals surface area contributed by atoms with Crippen LogP contribution in [0.25, 0.3) is 0 Å². The largest absolute Gasteiger partial charge is 0.298 e. The zero-order valence-corrected chi connectivity index (χ0v) is 8.82. The molecule has 2 rings (SSSR count). The molecular formula is C11H10F2OS. The first kappa shape index (κ1) is 10.6. The van der Waals surface area contributed by atoms with Crippen LogP contribution in [0.1, 0.15) is 5.56 Å². The van der Waals surface area contributed by atoms with E-state index in [0.29, 0.717) is 17.7 Å². The summed E-state index contributed by atoms with van der Waals surface area (Å²) in [5.74, 6) is -0.160. The molecule has 0 spiro atoms. The Bertz CT molecular complexity index is 392. The molecule has 4 heteroatoms. The summed E-state index contributed by atoms with van der Waals surface area (Å²) >= 11 is 1.60. The van der Waals surface area contributed by atoms with Crippen molar-refractivity contribution in [2.75, 3.05) is 11.5 Å². The molecule has 1 fully saturated rings. The van der Waals surface area contributed by atoms with Gasteiger partial charge in [-0.3, -0.25) is 4.79 Å². The predicted octanol–water partition coefficient (Wildman–Crippen LogP) is 2.44. The van der Waals surface area contributed by atoms with E-state index in [-0.39, 0.29) is 11.7 Å². The van der Waals surface area contributed by atoms with E-state index in [0.717, 1.165) is 11.8 Å². The van der Waals surface area contributed by atoms with Gasteiger partial charge in [0.1, 0.15) is 5.78 Å². The van der Waals surface area contributed by atoms with E-state index in [1.165, 1.54) is 12.1 Å². The van der Waals surface area contributed by atoms with E-state index in [1.807, 2.05) is 0 Å². The molecule has 1 aromatic carbocycles. The minimum atomic E-state index is -0.842. The van der Waals surface area contributed by atoms with E-state index in [9.17, 15) is 13.6 Å². The van der Waals surface area contributed by atoms with Crippen LogP contribution in [-0.4, -0.2) is 17.3 Å². The SMILES string of the molecule is O=C1CSCC1Cc1ccc(F)c(F)c1. The third-order valence-electron chi connectivity index (χ3n) is 2.48. The van der Waals surface area contributed by atoms with Gasteiger partial charge in [-0.05, 0) is 24.1 Å². The third-order valence-corrected chi connectivity index (χ3v) is 3.61. The van der Waals surface area contributed by atoms with Crippen LogP contribution in [0, 0.1) is 17.6 Å². The monoisotopic (exact) mass is 228 g/mol. The lowest BCUT2D eigenvalue weighted by Gasteiger charge is -2.07. The lowest BCUT2D eigenvalue weighted by Crippen LogP contribution is -2.14. The minimum Gasteiger partial charge on any atom is -0.298 e. The Morgan fingerprint density at radius 1 is 1.33 bits per heavy atom. The second kappa shape index (κ2) is 4.31. The maximum absolute atomic E-state index is 12.9. The van der Waals surface area contributed by atoms with Gasteiger partial charge in [0.2, 0.25) is 0 Å². The average molecular weight is 228 g/mol. The summed E-state index contributed by atoms with van der Waals surface area (Å²) in [6, 6.07) is 3.82. The summed E-state index contributed by atoms with van der Waals surface area (Å²) in [7, 11) is 0. The second-order valence-corrected chi connectivity index (χ2v) is 4.66. The van der Waals surface area contributed by atoms with Gasteiger partial charge in [0.25, 0.3) is 0 Å². The zero-order chi connectivity index (χ0) is 10.8. The maximum Gasteiger partial charge on any atom is 0.159 e. The number of carbonyl (C=O) groups is 1. The highest BCUT2D eigenvalue weighted by Crippen LogP contribution is 2.24. The topological polar surface area (TPSA) is 17.1 Å². The van der Waals surface area contributed by atoms with Gasteiger partial charge in [-0.25, -0.2) is 8.78 Å². The molecule has 1 heterocycles. The first-order chi connectivity index (χ1) is 7.16. The summed E-state index contributed by atoms with van der Waals surface area (Å²) < 4.78 is 25.5. The molecule has 0 aromatic heterocycles. The molecule has 0 radical (unpaired) electrons. The van der Waals surface area contributed by atoms with Crippen LogP contribution in [-0.2, 0) is 11.2 Å². The van der Waals surface area contributed by atoms with Crippen LogP contribution in [0.4, 0.5) is 8.78 Å². The van der Waals surface area contributed by atoms with Crippen molar-refractivity contribution < 1.29 is 13.6 Å². The van der Waals surface area contributed by atoms with Crippen molar-refractivity contribution in [1.82, 2.24) is 0 Å². The summed E-state index contributed by atoms with van der Waals surface area (Å²) in [4.78, 5) is 11.3. The van der Waals surface area contributed by atoms with Crippen molar-refractivity contribution in [1.29, 1.82) is 0 Å². The molecule has 1 aliphatic heterocycles. The van der Waals surface area contributed by atoms with Gasteiger partial charge in [0.15, 0.2) is 11.6 Å². The Balaban J connectivity index is 2.10. The fraction of sp³-hybridized carbons (Fsp3) is 0.364. The highest BCUT2D eigenvalue weighted by molar-refractivity contribution is 8.00. The third kappa shape index (κ3) is 2.37. The Morgan fingerprint density at radius 2 is 2.13 bits per heavy atom. The zero-order valence-electron chi connectivity index (χ0n) is 8.00. The Labute approximate surface area is 90.9 Å². The molecule has 1 saturated heterocycles. The van der Waals surface area contributed by atoms with E-state index in [4.69, 9.17) is 0 Å². The summed E-state index contributed by atoms with van der Waals surface area (Å²) in [5.41, 5.74) is 0.690. The van der Waals surface area contributed by atoms with Gasteiger partial charge in [-0.2, -0.15) is 11.8 Å². The molecule has 0 N–H and O–H groups in total. The van der Waals surface area contributed by atoms with Gasteiger partial charge in [-0.15, -0.1) is 0 Å². The lowest BCUT2D eigenvalue weighted by atomic mass is 9.98. The second-order valence-electron chi connectivity index (χ2n) is 3.63. The Kier molecular flexibility index (Phi) is 3.05. The highest BCUT2D eigenvalue weighted by atomic mass is 32.2. The van der Waals surface area contributed by atoms with Gasteiger partial charge in [0, 0.05) is 11.7 Å². The molecule has 0 aliphatic carbocycles. The van der Waals surface area contributed by atoms with Crippen LogP contribution in [0.15, 0.2) is 18.2 Å². The number of rotatable bonds is 2. The van der Waals surface area contributed by atoms with Crippen LogP contribution < -0.4 is 0 Å². The number of Topliss-reactive ketones (excluding diaryl/α,β-unsaturated/α-hetero) is 1. The molecule has 1 unspecified atom stereocenters. The normalized spacial score (nSPS) is 20.9. The first-order valence-electron chi connectivity index (χ1n) is 4.71. The molecule has 1 nitrogen and oxygen atoms in total. The average Bonchev–Trinajstić information content (AvgIpc) is 2.59. The minimum absolute atomic E-state index is 0.0279. The van der Waals surface area contributed by atoms with Crippen molar-refractivity contribution in [3.63, 3.8) is 0 Å². The Hall–Kier alpha value is -0.900. The molecule has 0 amide bonds. The number of thioether (sulfide) groups is 1. The number of halogens is 2.